The van der Waals surface area contributed by atoms with Crippen molar-refractivity contribution in [3.8, 4) is 0 Å². The number of imidazole rings is 1. The first kappa shape index (κ1) is 18.8. The van der Waals surface area contributed by atoms with Crippen LogP contribution < -0.4 is 11.1 Å². The molecule has 5 N–H and O–H groups in total. The highest BCUT2D eigenvalue weighted by Crippen LogP contribution is 2.33. The zero-order chi connectivity index (χ0) is 18.7. The number of nitrogens with one attached hydrogen (secondary N) is 1. The number of ether oxygens (including phenoxy) is 2. The smallest absolute Gasteiger partial charge is 0.226 e. The van der Waals surface area contributed by atoms with E-state index in [1.54, 1.807) is 4.57 Å². The Balaban J connectivity index is 1.90. The number of aliphatic hydroxyl groups is 2. The molecule has 3 rings (SSSR count). The van der Waals surface area contributed by atoms with Gasteiger partial charge in [-0.1, -0.05) is 19.8 Å². The Morgan fingerprint density at radius 3 is 2.88 bits per heavy atom. The Bertz CT molecular complexity index is 739. The summed E-state index contributed by atoms with van der Waals surface area (Å²) in [5, 5.41) is 22.8. The van der Waals surface area contributed by atoms with E-state index in [-0.39, 0.29) is 12.4 Å². The normalized spacial score (nSPS) is 25.8. The highest BCUT2D eigenvalue weighted by atomic mass is 16.6. The molecule has 0 aromatic carbocycles. The van der Waals surface area contributed by atoms with E-state index in [2.05, 4.69) is 27.2 Å². The molecule has 1 fully saturated rings. The summed E-state index contributed by atoms with van der Waals surface area (Å²) >= 11 is 0. The zero-order valence-electron chi connectivity index (χ0n) is 15.0. The Kier molecular flexibility index (Phi) is 5.87. The van der Waals surface area contributed by atoms with Crippen LogP contribution in [0, 0.1) is 0 Å². The van der Waals surface area contributed by atoms with Crippen molar-refractivity contribution >= 4 is 22.9 Å². The Hall–Kier alpha value is -2.01. The van der Waals surface area contributed by atoms with Crippen LogP contribution in [0.2, 0.25) is 0 Å². The Labute approximate surface area is 151 Å². The van der Waals surface area contributed by atoms with E-state index < -0.39 is 24.5 Å². The molecule has 144 valence electrons. The lowest BCUT2D eigenvalue weighted by Gasteiger charge is -2.20. The number of aromatic nitrogens is 4. The number of nitrogen functional groups attached to an aromatic ring is 1. The van der Waals surface area contributed by atoms with Crippen molar-refractivity contribution in [1.29, 1.82) is 0 Å². The van der Waals surface area contributed by atoms with Gasteiger partial charge in [-0.15, -0.1) is 0 Å². The molecule has 2 aromatic rings. The van der Waals surface area contributed by atoms with E-state index in [9.17, 15) is 10.2 Å². The molecule has 2 aromatic heterocycles. The predicted molar refractivity (Wildman–Crippen MR) is 95.5 cm³/mol. The number of methoxy groups -OCH3 is 1. The number of unbranched alkanes of at least 4 members (excludes halogenated alkanes) is 2. The van der Waals surface area contributed by atoms with Gasteiger partial charge in [-0.05, 0) is 6.42 Å². The standard InChI is InChI=1S/C16H26N6O4/c1-3-4-5-6-18-16-20-13(17)10-14(21-16)22(8-19-10)15-12(25-2)11(24)9(7-23)26-15/h8-9,11-12,15,23-24H,3-7H2,1-2H3,(H3,17,18,20,21)/t9-,11?,12?,15-/m1/s1. The van der Waals surface area contributed by atoms with Gasteiger partial charge in [0.25, 0.3) is 0 Å². The first-order chi connectivity index (χ1) is 12.6. The highest BCUT2D eigenvalue weighted by Gasteiger charge is 2.45. The van der Waals surface area contributed by atoms with Crippen LogP contribution >= 0.6 is 0 Å². The van der Waals surface area contributed by atoms with Gasteiger partial charge in [0, 0.05) is 13.7 Å². The van der Waals surface area contributed by atoms with Crippen LogP contribution in [-0.2, 0) is 9.47 Å². The van der Waals surface area contributed by atoms with Crippen molar-refractivity contribution in [3.63, 3.8) is 0 Å². The fraction of sp³-hybridized carbons (Fsp3) is 0.688. The molecular formula is C16H26N6O4. The van der Waals surface area contributed by atoms with Gasteiger partial charge in [-0.2, -0.15) is 9.97 Å². The molecule has 0 spiro atoms. The van der Waals surface area contributed by atoms with Crippen LogP contribution in [0.4, 0.5) is 11.8 Å². The molecule has 10 nitrogen and oxygen atoms in total. The van der Waals surface area contributed by atoms with Crippen molar-refractivity contribution in [3.05, 3.63) is 6.33 Å². The summed E-state index contributed by atoms with van der Waals surface area (Å²) in [6.45, 7) is 2.57. The second-order valence-corrected chi connectivity index (χ2v) is 6.33. The maximum absolute atomic E-state index is 10.3. The summed E-state index contributed by atoms with van der Waals surface area (Å²) in [4.78, 5) is 13.0. The number of nitrogens with two attached hydrogens (primary N) is 1. The predicted octanol–water partition coefficient (Wildman–Crippen LogP) is 0.276. The molecule has 3 heterocycles. The molecule has 0 bridgehead atoms. The molecular weight excluding hydrogens is 340 g/mol. The molecule has 1 aliphatic rings. The second kappa shape index (κ2) is 8.12. The van der Waals surface area contributed by atoms with Gasteiger partial charge < -0.3 is 30.7 Å². The molecule has 0 saturated carbocycles. The minimum atomic E-state index is -0.960. The van der Waals surface area contributed by atoms with E-state index in [1.807, 2.05) is 0 Å². The Morgan fingerprint density at radius 2 is 2.19 bits per heavy atom. The maximum Gasteiger partial charge on any atom is 0.226 e. The van der Waals surface area contributed by atoms with Gasteiger partial charge in [0.05, 0.1) is 12.9 Å². The number of fused-ring (bicyclic) bond motifs is 1. The topological polar surface area (TPSA) is 141 Å². The maximum atomic E-state index is 10.3. The third-order valence-corrected chi connectivity index (χ3v) is 4.55. The van der Waals surface area contributed by atoms with Gasteiger partial charge in [-0.25, -0.2) is 4.98 Å². The van der Waals surface area contributed by atoms with Gasteiger partial charge in [-0.3, -0.25) is 4.57 Å². The number of rotatable bonds is 8. The summed E-state index contributed by atoms with van der Waals surface area (Å²) in [6.07, 6.45) is 1.74. The van der Waals surface area contributed by atoms with Crippen molar-refractivity contribution in [2.24, 2.45) is 0 Å². The van der Waals surface area contributed by atoms with E-state index in [4.69, 9.17) is 15.2 Å². The van der Waals surface area contributed by atoms with Crippen LogP contribution in [-0.4, -0.2) is 68.3 Å². The largest absolute Gasteiger partial charge is 0.394 e. The fourth-order valence-corrected chi connectivity index (χ4v) is 3.13. The lowest BCUT2D eigenvalue weighted by Crippen LogP contribution is -2.34. The third kappa shape index (κ3) is 3.45. The summed E-state index contributed by atoms with van der Waals surface area (Å²) in [7, 11) is 1.48. The van der Waals surface area contributed by atoms with Crippen LogP contribution in [0.5, 0.6) is 0 Å². The third-order valence-electron chi connectivity index (χ3n) is 4.55. The molecule has 0 radical (unpaired) electrons. The van der Waals surface area contributed by atoms with Crippen LogP contribution in [0.3, 0.4) is 0 Å². The van der Waals surface area contributed by atoms with Crippen molar-refractivity contribution in [1.82, 2.24) is 19.5 Å². The molecule has 1 aliphatic heterocycles. The number of hydrogen-bond donors (Lipinski definition) is 4. The SMILES string of the molecule is CCCCCNc1nc(N)c2ncn([C@@H]3O[C@H](CO)C(O)C3OC)c2n1. The molecule has 2 unspecified atom stereocenters. The summed E-state index contributed by atoms with van der Waals surface area (Å²) in [5.41, 5.74) is 6.95. The van der Waals surface area contributed by atoms with Crippen molar-refractivity contribution in [2.45, 2.75) is 50.7 Å². The van der Waals surface area contributed by atoms with Crippen LogP contribution in [0.25, 0.3) is 11.2 Å². The average Bonchev–Trinajstić information content (AvgIpc) is 3.19. The lowest BCUT2D eigenvalue weighted by molar-refractivity contribution is -0.0583. The van der Waals surface area contributed by atoms with Gasteiger partial charge in [0.15, 0.2) is 17.7 Å². The number of anilines is 2. The van der Waals surface area contributed by atoms with Gasteiger partial charge >= 0.3 is 0 Å². The monoisotopic (exact) mass is 366 g/mol. The quantitative estimate of drug-likeness (QED) is 0.485. The number of hydrogen-bond acceptors (Lipinski definition) is 9. The molecule has 26 heavy (non-hydrogen) atoms. The molecule has 0 amide bonds. The van der Waals surface area contributed by atoms with Gasteiger partial charge in [0.1, 0.15) is 23.8 Å². The molecule has 0 aliphatic carbocycles. The highest BCUT2D eigenvalue weighted by molar-refractivity contribution is 5.83. The molecule has 4 atom stereocenters. The number of nitrogens with zero attached hydrogens (tertiary/aromatic N) is 4. The van der Waals surface area contributed by atoms with E-state index in [0.717, 1.165) is 25.8 Å². The van der Waals surface area contributed by atoms with Gasteiger partial charge in [0.2, 0.25) is 5.95 Å². The minimum Gasteiger partial charge on any atom is -0.394 e. The first-order valence-corrected chi connectivity index (χ1v) is 8.81. The summed E-state index contributed by atoms with van der Waals surface area (Å²) < 4.78 is 12.8. The average molecular weight is 366 g/mol. The zero-order valence-corrected chi connectivity index (χ0v) is 15.0. The van der Waals surface area contributed by atoms with Crippen LogP contribution in [0.15, 0.2) is 6.33 Å². The van der Waals surface area contributed by atoms with E-state index >= 15 is 0 Å². The van der Waals surface area contributed by atoms with Crippen molar-refractivity contribution in [2.75, 3.05) is 31.3 Å². The first-order valence-electron chi connectivity index (χ1n) is 8.81. The van der Waals surface area contributed by atoms with E-state index in [1.165, 1.54) is 13.4 Å². The summed E-state index contributed by atoms with van der Waals surface area (Å²) in [5.74, 6) is 0.678. The van der Waals surface area contributed by atoms with E-state index in [0.29, 0.717) is 17.1 Å². The van der Waals surface area contributed by atoms with Crippen LogP contribution in [0.1, 0.15) is 32.4 Å². The minimum absolute atomic E-state index is 0.262. The number of aliphatic hydroxyl groups excluding tert-OH is 2. The second-order valence-electron chi connectivity index (χ2n) is 6.33. The lowest BCUT2D eigenvalue weighted by atomic mass is 10.1. The molecule has 10 heteroatoms. The Morgan fingerprint density at radius 1 is 1.38 bits per heavy atom. The fourth-order valence-electron chi connectivity index (χ4n) is 3.13. The van der Waals surface area contributed by atoms with Crippen molar-refractivity contribution < 1.29 is 19.7 Å². The molecule has 1 saturated heterocycles. The summed E-state index contributed by atoms with van der Waals surface area (Å²) in [6, 6.07) is 0.